The van der Waals surface area contributed by atoms with Crippen LogP contribution in [0.3, 0.4) is 0 Å². The number of nitrogens with zero attached hydrogens (tertiary/aromatic N) is 1. The van der Waals surface area contributed by atoms with E-state index in [9.17, 15) is 4.79 Å². The lowest BCUT2D eigenvalue weighted by atomic mass is 10.1. The summed E-state index contributed by atoms with van der Waals surface area (Å²) < 4.78 is 0. The Hall–Kier alpha value is -0.380. The molecule has 1 rings (SSSR count). The van der Waals surface area contributed by atoms with Crippen molar-refractivity contribution < 1.29 is 4.79 Å². The molecule has 4 heteroatoms. The van der Waals surface area contributed by atoms with Gasteiger partial charge < -0.3 is 10.2 Å². The maximum absolute atomic E-state index is 12.1. The van der Waals surface area contributed by atoms with Gasteiger partial charge in [-0.05, 0) is 25.5 Å². The molecule has 1 heterocycles. The van der Waals surface area contributed by atoms with Crippen molar-refractivity contribution in [2.24, 2.45) is 0 Å². The number of thioether (sulfide) groups is 1. The zero-order chi connectivity index (χ0) is 13.2. The highest BCUT2D eigenvalue weighted by Gasteiger charge is 2.16. The Balaban J connectivity index is 2.17. The molecule has 1 aliphatic heterocycles. The van der Waals surface area contributed by atoms with E-state index in [0.29, 0.717) is 6.04 Å². The normalized spacial score (nSPS) is 18.2. The molecule has 0 radical (unpaired) electrons. The molecule has 0 aromatic rings. The molecule has 1 aliphatic rings. The summed E-state index contributed by atoms with van der Waals surface area (Å²) in [5.41, 5.74) is 0. The van der Waals surface area contributed by atoms with Crippen molar-refractivity contribution in [2.45, 2.75) is 58.4 Å². The highest BCUT2D eigenvalue weighted by atomic mass is 32.2. The SMILES string of the molecule is CCCCCC[C@H](C)NC(=O)N1CCCSCC1. The van der Waals surface area contributed by atoms with Gasteiger partial charge in [0, 0.05) is 24.9 Å². The van der Waals surface area contributed by atoms with Gasteiger partial charge in [0.2, 0.25) is 0 Å². The third-order valence-corrected chi connectivity index (χ3v) is 4.42. The number of urea groups is 1. The molecule has 0 aromatic carbocycles. The maximum atomic E-state index is 12.1. The molecule has 0 bridgehead atoms. The molecule has 18 heavy (non-hydrogen) atoms. The van der Waals surface area contributed by atoms with Crippen LogP contribution in [0, 0.1) is 0 Å². The second-order valence-electron chi connectivity index (χ2n) is 5.15. The number of nitrogens with one attached hydrogen (secondary N) is 1. The van der Waals surface area contributed by atoms with Crippen LogP contribution in [0.25, 0.3) is 0 Å². The van der Waals surface area contributed by atoms with Crippen LogP contribution in [0.15, 0.2) is 0 Å². The van der Waals surface area contributed by atoms with Gasteiger partial charge in [-0.25, -0.2) is 4.79 Å². The third-order valence-electron chi connectivity index (χ3n) is 3.37. The minimum Gasteiger partial charge on any atom is -0.336 e. The van der Waals surface area contributed by atoms with Crippen molar-refractivity contribution in [3.8, 4) is 0 Å². The Kier molecular flexibility index (Phi) is 8.31. The van der Waals surface area contributed by atoms with Crippen molar-refractivity contribution in [1.82, 2.24) is 10.2 Å². The number of amides is 2. The average molecular weight is 272 g/mol. The molecule has 0 aromatic heterocycles. The lowest BCUT2D eigenvalue weighted by molar-refractivity contribution is 0.197. The number of carbonyl (C=O) groups excluding carboxylic acids is 1. The van der Waals surface area contributed by atoms with Crippen molar-refractivity contribution in [3.63, 3.8) is 0 Å². The molecule has 0 unspecified atom stereocenters. The van der Waals surface area contributed by atoms with Gasteiger partial charge >= 0.3 is 6.03 Å². The Morgan fingerprint density at radius 3 is 2.89 bits per heavy atom. The smallest absolute Gasteiger partial charge is 0.317 e. The van der Waals surface area contributed by atoms with Crippen LogP contribution in [-0.2, 0) is 0 Å². The summed E-state index contributed by atoms with van der Waals surface area (Å²) >= 11 is 1.95. The fraction of sp³-hybridized carbons (Fsp3) is 0.929. The average Bonchev–Trinajstić information content (AvgIpc) is 2.63. The number of carbonyl (C=O) groups is 1. The molecule has 0 aliphatic carbocycles. The second kappa shape index (κ2) is 9.54. The van der Waals surface area contributed by atoms with Crippen LogP contribution in [-0.4, -0.2) is 41.6 Å². The highest BCUT2D eigenvalue weighted by molar-refractivity contribution is 7.99. The van der Waals surface area contributed by atoms with E-state index in [0.717, 1.165) is 31.7 Å². The van der Waals surface area contributed by atoms with Gasteiger partial charge in [-0.1, -0.05) is 32.6 Å². The van der Waals surface area contributed by atoms with Gasteiger partial charge in [-0.2, -0.15) is 11.8 Å². The molecule has 1 fully saturated rings. The molecule has 1 atom stereocenters. The third kappa shape index (κ3) is 6.53. The van der Waals surface area contributed by atoms with Crippen LogP contribution in [0.1, 0.15) is 52.4 Å². The summed E-state index contributed by atoms with van der Waals surface area (Å²) in [4.78, 5) is 14.0. The lowest BCUT2D eigenvalue weighted by Gasteiger charge is -2.23. The standard InChI is InChI=1S/C14H28N2OS/c1-3-4-5-6-8-13(2)15-14(17)16-9-7-11-18-12-10-16/h13H,3-12H2,1-2H3,(H,15,17)/t13-/m0/s1. The number of rotatable bonds is 6. The number of hydrogen-bond donors (Lipinski definition) is 1. The predicted octanol–water partition coefficient (Wildman–Crippen LogP) is 3.49. The van der Waals surface area contributed by atoms with Crippen LogP contribution < -0.4 is 5.32 Å². The summed E-state index contributed by atoms with van der Waals surface area (Å²) in [6.45, 7) is 6.17. The van der Waals surface area contributed by atoms with E-state index in [-0.39, 0.29) is 6.03 Å². The first-order chi connectivity index (χ1) is 8.74. The zero-order valence-corrected chi connectivity index (χ0v) is 12.7. The Morgan fingerprint density at radius 2 is 2.11 bits per heavy atom. The highest BCUT2D eigenvalue weighted by Crippen LogP contribution is 2.11. The molecular formula is C14H28N2OS. The fourth-order valence-corrected chi connectivity index (χ4v) is 3.09. The van der Waals surface area contributed by atoms with Gasteiger partial charge in [0.15, 0.2) is 0 Å². The first-order valence-electron chi connectivity index (χ1n) is 7.37. The molecule has 1 saturated heterocycles. The van der Waals surface area contributed by atoms with Gasteiger partial charge in [0.25, 0.3) is 0 Å². The van der Waals surface area contributed by atoms with Gasteiger partial charge in [-0.3, -0.25) is 0 Å². The van der Waals surface area contributed by atoms with E-state index >= 15 is 0 Å². The first kappa shape index (κ1) is 15.7. The summed E-state index contributed by atoms with van der Waals surface area (Å²) in [6.07, 6.45) is 7.33. The molecule has 3 nitrogen and oxygen atoms in total. The topological polar surface area (TPSA) is 32.3 Å². The summed E-state index contributed by atoms with van der Waals surface area (Å²) in [7, 11) is 0. The van der Waals surface area contributed by atoms with Crippen molar-refractivity contribution in [3.05, 3.63) is 0 Å². The van der Waals surface area contributed by atoms with E-state index in [2.05, 4.69) is 19.2 Å². The van der Waals surface area contributed by atoms with E-state index in [1.807, 2.05) is 16.7 Å². The second-order valence-corrected chi connectivity index (χ2v) is 6.38. The number of unbranched alkanes of at least 4 members (excludes halogenated alkanes) is 3. The predicted molar refractivity (Wildman–Crippen MR) is 80.3 cm³/mol. The van der Waals surface area contributed by atoms with Crippen LogP contribution in [0.4, 0.5) is 4.79 Å². The van der Waals surface area contributed by atoms with Crippen molar-refractivity contribution in [1.29, 1.82) is 0 Å². The van der Waals surface area contributed by atoms with Crippen molar-refractivity contribution in [2.75, 3.05) is 24.6 Å². The minimum absolute atomic E-state index is 0.139. The Morgan fingerprint density at radius 1 is 1.28 bits per heavy atom. The quantitative estimate of drug-likeness (QED) is 0.751. The summed E-state index contributed by atoms with van der Waals surface area (Å²) in [6, 6.07) is 0.450. The summed E-state index contributed by atoms with van der Waals surface area (Å²) in [5, 5.41) is 3.13. The zero-order valence-electron chi connectivity index (χ0n) is 11.9. The van der Waals surface area contributed by atoms with E-state index in [1.165, 1.54) is 31.4 Å². The molecule has 2 amide bonds. The Labute approximate surface area is 116 Å². The molecular weight excluding hydrogens is 244 g/mol. The van der Waals surface area contributed by atoms with Crippen LogP contribution in [0.5, 0.6) is 0 Å². The molecule has 1 N–H and O–H groups in total. The monoisotopic (exact) mass is 272 g/mol. The van der Waals surface area contributed by atoms with Gasteiger partial charge in [-0.15, -0.1) is 0 Å². The van der Waals surface area contributed by atoms with Crippen LogP contribution >= 0.6 is 11.8 Å². The maximum Gasteiger partial charge on any atom is 0.317 e. The minimum atomic E-state index is 0.139. The molecule has 106 valence electrons. The van der Waals surface area contributed by atoms with Gasteiger partial charge in [0.1, 0.15) is 0 Å². The first-order valence-corrected chi connectivity index (χ1v) is 8.52. The molecule has 0 spiro atoms. The number of hydrogen-bond acceptors (Lipinski definition) is 2. The molecule has 0 saturated carbocycles. The van der Waals surface area contributed by atoms with Crippen molar-refractivity contribution >= 4 is 17.8 Å². The van der Waals surface area contributed by atoms with E-state index < -0.39 is 0 Å². The largest absolute Gasteiger partial charge is 0.336 e. The van der Waals surface area contributed by atoms with Crippen LogP contribution in [0.2, 0.25) is 0 Å². The van der Waals surface area contributed by atoms with E-state index in [4.69, 9.17) is 0 Å². The lowest BCUT2D eigenvalue weighted by Crippen LogP contribution is -2.44. The van der Waals surface area contributed by atoms with E-state index in [1.54, 1.807) is 0 Å². The Bertz CT molecular complexity index is 228. The summed E-state index contributed by atoms with van der Waals surface area (Å²) in [5.74, 6) is 2.27. The van der Waals surface area contributed by atoms with Gasteiger partial charge in [0.05, 0.1) is 0 Å². The fourth-order valence-electron chi connectivity index (χ4n) is 2.20.